The minimum Gasteiger partial charge on any atom is -0.312 e. The molecule has 0 fully saturated rings. The molecular weight excluding hydrogens is 242 g/mol. The van der Waals surface area contributed by atoms with Crippen LogP contribution in [0.3, 0.4) is 0 Å². The SMILES string of the molecule is CC(C)Cc1nnc(CBr)n1C(C)C. The highest BCUT2D eigenvalue weighted by molar-refractivity contribution is 9.08. The summed E-state index contributed by atoms with van der Waals surface area (Å²) in [5.74, 6) is 2.75. The predicted octanol–water partition coefficient (Wildman–Crippen LogP) is 2.95. The molecule has 1 aromatic rings. The summed E-state index contributed by atoms with van der Waals surface area (Å²) in [5.41, 5.74) is 0. The molecule has 0 atom stereocenters. The van der Waals surface area contributed by atoms with Gasteiger partial charge < -0.3 is 4.57 Å². The summed E-state index contributed by atoms with van der Waals surface area (Å²) in [5, 5.41) is 9.18. The molecule has 1 heterocycles. The molecule has 3 nitrogen and oxygen atoms in total. The summed E-state index contributed by atoms with van der Waals surface area (Å²) in [6.45, 7) is 8.74. The molecule has 80 valence electrons. The van der Waals surface area contributed by atoms with Crippen molar-refractivity contribution in [3.8, 4) is 0 Å². The van der Waals surface area contributed by atoms with Gasteiger partial charge in [0.25, 0.3) is 0 Å². The minimum absolute atomic E-state index is 0.436. The maximum atomic E-state index is 4.23. The second-order valence-corrected chi connectivity index (χ2v) is 4.79. The van der Waals surface area contributed by atoms with E-state index >= 15 is 0 Å². The molecule has 14 heavy (non-hydrogen) atoms. The van der Waals surface area contributed by atoms with Crippen molar-refractivity contribution in [3.05, 3.63) is 11.6 Å². The van der Waals surface area contributed by atoms with Gasteiger partial charge in [-0.1, -0.05) is 29.8 Å². The van der Waals surface area contributed by atoms with Gasteiger partial charge in [-0.25, -0.2) is 0 Å². The van der Waals surface area contributed by atoms with Gasteiger partial charge in [0, 0.05) is 12.5 Å². The van der Waals surface area contributed by atoms with Crippen molar-refractivity contribution in [2.45, 2.75) is 45.5 Å². The van der Waals surface area contributed by atoms with Crippen LogP contribution in [0.15, 0.2) is 0 Å². The Balaban J connectivity index is 2.98. The average molecular weight is 260 g/mol. The first-order valence-electron chi connectivity index (χ1n) is 5.04. The largest absolute Gasteiger partial charge is 0.312 e. The van der Waals surface area contributed by atoms with Crippen LogP contribution in [0.1, 0.15) is 45.4 Å². The molecular formula is C10H18BrN3. The number of aromatic nitrogens is 3. The first-order chi connectivity index (χ1) is 6.56. The van der Waals surface area contributed by atoms with Gasteiger partial charge in [-0.3, -0.25) is 0 Å². The second-order valence-electron chi connectivity index (χ2n) is 4.23. The van der Waals surface area contributed by atoms with Crippen LogP contribution < -0.4 is 0 Å². The molecule has 0 aromatic carbocycles. The number of hydrogen-bond acceptors (Lipinski definition) is 2. The van der Waals surface area contributed by atoms with Crippen LogP contribution in [0, 0.1) is 5.92 Å². The predicted molar refractivity (Wildman–Crippen MR) is 61.6 cm³/mol. The van der Waals surface area contributed by atoms with Crippen LogP contribution in [0.25, 0.3) is 0 Å². The molecule has 1 aromatic heterocycles. The van der Waals surface area contributed by atoms with Gasteiger partial charge >= 0.3 is 0 Å². The number of alkyl halides is 1. The zero-order valence-electron chi connectivity index (χ0n) is 9.29. The molecule has 0 saturated heterocycles. The Bertz CT molecular complexity index is 292. The molecule has 0 aliphatic rings. The highest BCUT2D eigenvalue weighted by atomic mass is 79.9. The summed E-state index contributed by atoms with van der Waals surface area (Å²) in [6, 6.07) is 0.436. The van der Waals surface area contributed by atoms with Crippen LogP contribution in [0.2, 0.25) is 0 Å². The number of rotatable bonds is 4. The molecule has 0 aliphatic heterocycles. The summed E-state index contributed by atoms with van der Waals surface area (Å²) < 4.78 is 2.22. The van der Waals surface area contributed by atoms with Crippen molar-refractivity contribution >= 4 is 15.9 Å². The number of hydrogen-bond donors (Lipinski definition) is 0. The van der Waals surface area contributed by atoms with E-state index in [0.717, 1.165) is 23.4 Å². The Hall–Kier alpha value is -0.380. The fraction of sp³-hybridized carbons (Fsp3) is 0.800. The van der Waals surface area contributed by atoms with Crippen LogP contribution in [-0.2, 0) is 11.8 Å². The fourth-order valence-electron chi connectivity index (χ4n) is 1.55. The Morgan fingerprint density at radius 3 is 2.14 bits per heavy atom. The maximum absolute atomic E-state index is 4.23. The van der Waals surface area contributed by atoms with Crippen molar-refractivity contribution in [2.24, 2.45) is 5.92 Å². The lowest BCUT2D eigenvalue weighted by Gasteiger charge is -2.13. The third kappa shape index (κ3) is 2.56. The number of nitrogens with zero attached hydrogens (tertiary/aromatic N) is 3. The van der Waals surface area contributed by atoms with E-state index in [9.17, 15) is 0 Å². The lowest BCUT2D eigenvalue weighted by atomic mass is 10.1. The maximum Gasteiger partial charge on any atom is 0.143 e. The smallest absolute Gasteiger partial charge is 0.143 e. The van der Waals surface area contributed by atoms with Crippen molar-refractivity contribution in [1.29, 1.82) is 0 Å². The highest BCUT2D eigenvalue weighted by Gasteiger charge is 2.14. The summed E-state index contributed by atoms with van der Waals surface area (Å²) >= 11 is 3.43. The van der Waals surface area contributed by atoms with E-state index in [4.69, 9.17) is 0 Å². The van der Waals surface area contributed by atoms with E-state index in [1.165, 1.54) is 0 Å². The third-order valence-electron chi connectivity index (χ3n) is 2.06. The molecule has 0 unspecified atom stereocenters. The van der Waals surface area contributed by atoms with Gasteiger partial charge in [0.2, 0.25) is 0 Å². The summed E-state index contributed by atoms with van der Waals surface area (Å²) in [4.78, 5) is 0. The fourth-order valence-corrected chi connectivity index (χ4v) is 1.93. The third-order valence-corrected chi connectivity index (χ3v) is 2.57. The molecule has 0 radical (unpaired) electrons. The zero-order valence-corrected chi connectivity index (χ0v) is 10.9. The topological polar surface area (TPSA) is 30.7 Å². The van der Waals surface area contributed by atoms with Crippen LogP contribution in [0.5, 0.6) is 0 Å². The van der Waals surface area contributed by atoms with Crippen molar-refractivity contribution < 1.29 is 0 Å². The lowest BCUT2D eigenvalue weighted by Crippen LogP contribution is -2.11. The molecule has 0 bridgehead atoms. The first kappa shape index (κ1) is 11.7. The standard InChI is InChI=1S/C10H18BrN3/c1-7(2)5-9-12-13-10(6-11)14(9)8(3)4/h7-8H,5-6H2,1-4H3. The Morgan fingerprint density at radius 1 is 1.14 bits per heavy atom. The monoisotopic (exact) mass is 259 g/mol. The van der Waals surface area contributed by atoms with E-state index < -0.39 is 0 Å². The molecule has 0 aliphatic carbocycles. The molecule has 0 saturated carbocycles. The van der Waals surface area contributed by atoms with Crippen LogP contribution in [-0.4, -0.2) is 14.8 Å². The van der Waals surface area contributed by atoms with Crippen molar-refractivity contribution in [2.75, 3.05) is 0 Å². The molecule has 0 N–H and O–H groups in total. The number of halogens is 1. The minimum atomic E-state index is 0.436. The van der Waals surface area contributed by atoms with E-state index in [2.05, 4.69) is 58.4 Å². The van der Waals surface area contributed by atoms with E-state index in [-0.39, 0.29) is 0 Å². The Morgan fingerprint density at radius 2 is 1.71 bits per heavy atom. The van der Waals surface area contributed by atoms with Gasteiger partial charge in [-0.2, -0.15) is 0 Å². The van der Waals surface area contributed by atoms with Gasteiger partial charge in [0.05, 0.1) is 5.33 Å². The quantitative estimate of drug-likeness (QED) is 0.779. The molecule has 4 heteroatoms. The van der Waals surface area contributed by atoms with E-state index in [1.54, 1.807) is 0 Å². The van der Waals surface area contributed by atoms with Gasteiger partial charge in [-0.15, -0.1) is 10.2 Å². The van der Waals surface area contributed by atoms with Gasteiger partial charge in [0.1, 0.15) is 11.6 Å². The zero-order chi connectivity index (χ0) is 10.7. The van der Waals surface area contributed by atoms with Crippen LogP contribution in [0.4, 0.5) is 0 Å². The average Bonchev–Trinajstić information content (AvgIpc) is 2.46. The normalized spacial score (nSPS) is 11.6. The van der Waals surface area contributed by atoms with Crippen LogP contribution >= 0.6 is 15.9 Å². The van der Waals surface area contributed by atoms with Crippen molar-refractivity contribution in [1.82, 2.24) is 14.8 Å². The summed E-state index contributed by atoms with van der Waals surface area (Å²) in [6.07, 6.45) is 0.998. The Labute approximate surface area is 94.0 Å². The lowest BCUT2D eigenvalue weighted by molar-refractivity contribution is 0.520. The highest BCUT2D eigenvalue weighted by Crippen LogP contribution is 2.16. The van der Waals surface area contributed by atoms with Gasteiger partial charge in [-0.05, 0) is 19.8 Å². The Kier molecular flexibility index (Phi) is 4.11. The second kappa shape index (κ2) is 4.91. The molecule has 0 spiro atoms. The first-order valence-corrected chi connectivity index (χ1v) is 6.17. The molecule has 1 rings (SSSR count). The van der Waals surface area contributed by atoms with Gasteiger partial charge in [0.15, 0.2) is 0 Å². The summed E-state index contributed by atoms with van der Waals surface area (Å²) in [7, 11) is 0. The van der Waals surface area contributed by atoms with E-state index in [1.807, 2.05) is 0 Å². The van der Waals surface area contributed by atoms with Crippen molar-refractivity contribution in [3.63, 3.8) is 0 Å². The molecule has 0 amide bonds. The van der Waals surface area contributed by atoms with E-state index in [0.29, 0.717) is 12.0 Å².